The van der Waals surface area contributed by atoms with Crippen LogP contribution in [0.1, 0.15) is 26.3 Å². The Morgan fingerprint density at radius 2 is 1.53 bits per heavy atom. The largest absolute Gasteiger partial charge is 0.423 e. The van der Waals surface area contributed by atoms with E-state index in [0.29, 0.717) is 10.6 Å². The lowest BCUT2D eigenvalue weighted by atomic mass is 10.2. The predicted octanol–water partition coefficient (Wildman–Crippen LogP) is 5.26. The summed E-state index contributed by atoms with van der Waals surface area (Å²) >= 11 is 5.80. The summed E-state index contributed by atoms with van der Waals surface area (Å²) in [6.45, 7) is 0. The molecule has 2 N–H and O–H groups in total. The fourth-order valence-electron chi connectivity index (χ4n) is 3.16. The number of amides is 1. The van der Waals surface area contributed by atoms with E-state index in [1.54, 1.807) is 12.1 Å². The van der Waals surface area contributed by atoms with Gasteiger partial charge in [-0.05, 0) is 90.5 Å². The molecule has 1 amide bonds. The molecule has 0 radical (unpaired) electrons. The van der Waals surface area contributed by atoms with Crippen LogP contribution >= 0.6 is 11.6 Å². The molecule has 8 nitrogen and oxygen atoms in total. The molecule has 0 fully saturated rings. The van der Waals surface area contributed by atoms with Gasteiger partial charge in [-0.3, -0.25) is 9.52 Å². The van der Waals surface area contributed by atoms with E-state index in [1.165, 1.54) is 91.1 Å². The van der Waals surface area contributed by atoms with Crippen LogP contribution in [0, 0.1) is 5.82 Å². The smallest absolute Gasteiger partial charge is 0.346 e. The van der Waals surface area contributed by atoms with Crippen molar-refractivity contribution in [3.8, 4) is 5.75 Å². The van der Waals surface area contributed by atoms with Crippen molar-refractivity contribution in [1.29, 1.82) is 0 Å². The van der Waals surface area contributed by atoms with E-state index < -0.39 is 27.7 Å². The molecule has 192 valence electrons. The summed E-state index contributed by atoms with van der Waals surface area (Å²) in [4.78, 5) is 24.5. The maximum absolute atomic E-state index is 13.7. The fraction of sp³-hybridized carbons (Fsp3) is 0. The van der Waals surface area contributed by atoms with Gasteiger partial charge in [-0.15, -0.1) is 0 Å². The molecule has 0 aliphatic rings. The molecule has 0 aromatic heterocycles. The Morgan fingerprint density at radius 1 is 0.868 bits per heavy atom. The topological polar surface area (TPSA) is 114 Å². The van der Waals surface area contributed by atoms with Gasteiger partial charge in [0.2, 0.25) is 0 Å². The number of carbonyl (C=O) groups excluding carboxylic acids is 2. The van der Waals surface area contributed by atoms with Crippen LogP contribution in [0.3, 0.4) is 0 Å². The van der Waals surface area contributed by atoms with Crippen molar-refractivity contribution in [1.82, 2.24) is 5.43 Å². The summed E-state index contributed by atoms with van der Waals surface area (Å²) in [7, 11) is -3.81. The molecule has 0 bridgehead atoms. The van der Waals surface area contributed by atoms with Crippen molar-refractivity contribution in [3.63, 3.8) is 0 Å². The first kappa shape index (κ1) is 26.5. The van der Waals surface area contributed by atoms with Gasteiger partial charge in [-0.25, -0.2) is 23.0 Å². The van der Waals surface area contributed by atoms with Crippen LogP contribution in [-0.2, 0) is 10.0 Å². The van der Waals surface area contributed by atoms with Crippen LogP contribution in [0.2, 0.25) is 5.02 Å². The van der Waals surface area contributed by atoms with E-state index in [1.807, 2.05) is 0 Å². The van der Waals surface area contributed by atoms with Gasteiger partial charge in [0.1, 0.15) is 11.6 Å². The van der Waals surface area contributed by atoms with Crippen molar-refractivity contribution in [3.05, 3.63) is 125 Å². The molecule has 4 aromatic carbocycles. The van der Waals surface area contributed by atoms with E-state index in [-0.39, 0.29) is 27.5 Å². The Bertz CT molecular complexity index is 1590. The van der Waals surface area contributed by atoms with Gasteiger partial charge in [-0.1, -0.05) is 23.7 Å². The number of benzene rings is 4. The van der Waals surface area contributed by atoms with Crippen molar-refractivity contribution >= 4 is 45.4 Å². The van der Waals surface area contributed by atoms with Gasteiger partial charge in [0.15, 0.2) is 0 Å². The minimum absolute atomic E-state index is 0.0503. The zero-order valence-corrected chi connectivity index (χ0v) is 21.0. The third-order valence-corrected chi connectivity index (χ3v) is 6.74. The number of nitrogens with zero attached hydrogens (tertiary/aromatic N) is 1. The first-order valence-electron chi connectivity index (χ1n) is 11.0. The van der Waals surface area contributed by atoms with Gasteiger partial charge >= 0.3 is 5.97 Å². The molecular weight excluding hydrogens is 533 g/mol. The zero-order chi connectivity index (χ0) is 27.1. The number of rotatable bonds is 8. The van der Waals surface area contributed by atoms with Gasteiger partial charge in [-0.2, -0.15) is 5.10 Å². The third-order valence-electron chi connectivity index (χ3n) is 5.09. The molecule has 0 aliphatic carbocycles. The van der Waals surface area contributed by atoms with Gasteiger partial charge in [0.25, 0.3) is 15.9 Å². The normalized spacial score (nSPS) is 11.2. The highest BCUT2D eigenvalue weighted by Gasteiger charge is 2.15. The number of nitrogens with one attached hydrogen (secondary N) is 2. The summed E-state index contributed by atoms with van der Waals surface area (Å²) in [5.41, 5.74) is 3.33. The lowest BCUT2D eigenvalue weighted by molar-refractivity contribution is 0.0729. The first-order chi connectivity index (χ1) is 18.2. The first-order valence-corrected chi connectivity index (χ1v) is 12.9. The van der Waals surface area contributed by atoms with E-state index in [0.717, 1.165) is 0 Å². The molecule has 0 saturated carbocycles. The minimum atomic E-state index is -3.81. The maximum Gasteiger partial charge on any atom is 0.346 e. The summed E-state index contributed by atoms with van der Waals surface area (Å²) in [6.07, 6.45) is 1.38. The standard InChI is InChI=1S/C27H19ClFN3O5S/c28-20-9-15-23(16-10-20)38(35,36)32-21-11-7-19(8-12-21)26(33)31-30-17-18-5-13-22(14-6-18)37-27(34)24-3-1-2-4-25(24)29/h1-17,32H,(H,31,33)/b30-17-. The predicted molar refractivity (Wildman–Crippen MR) is 142 cm³/mol. The molecule has 4 aromatic rings. The quantitative estimate of drug-likeness (QED) is 0.134. The second-order valence-corrected chi connectivity index (χ2v) is 9.89. The van der Waals surface area contributed by atoms with Crippen LogP contribution in [0.4, 0.5) is 10.1 Å². The number of sulfonamides is 1. The van der Waals surface area contributed by atoms with Crippen LogP contribution < -0.4 is 14.9 Å². The van der Waals surface area contributed by atoms with Crippen LogP contribution in [-0.4, -0.2) is 26.5 Å². The highest BCUT2D eigenvalue weighted by molar-refractivity contribution is 7.92. The SMILES string of the molecule is O=C(N/N=C\c1ccc(OC(=O)c2ccccc2F)cc1)c1ccc(NS(=O)(=O)c2ccc(Cl)cc2)cc1. The van der Waals surface area contributed by atoms with Gasteiger partial charge in [0.05, 0.1) is 16.7 Å². The zero-order valence-electron chi connectivity index (χ0n) is 19.5. The summed E-state index contributed by atoms with van der Waals surface area (Å²) in [6, 6.07) is 23.2. The second kappa shape index (κ2) is 11.7. The summed E-state index contributed by atoms with van der Waals surface area (Å²) in [5, 5.41) is 4.31. The number of esters is 1. The Hall–Kier alpha value is -4.54. The Morgan fingerprint density at radius 3 is 2.18 bits per heavy atom. The van der Waals surface area contributed by atoms with Crippen LogP contribution in [0.5, 0.6) is 5.75 Å². The van der Waals surface area contributed by atoms with Gasteiger partial charge in [0, 0.05) is 16.3 Å². The van der Waals surface area contributed by atoms with E-state index in [9.17, 15) is 22.4 Å². The highest BCUT2D eigenvalue weighted by Crippen LogP contribution is 2.19. The number of hydrazone groups is 1. The molecule has 0 atom stereocenters. The highest BCUT2D eigenvalue weighted by atomic mass is 35.5. The molecule has 0 heterocycles. The fourth-order valence-corrected chi connectivity index (χ4v) is 4.34. The third kappa shape index (κ3) is 6.81. The van der Waals surface area contributed by atoms with Crippen LogP contribution in [0.15, 0.2) is 107 Å². The lowest BCUT2D eigenvalue weighted by Crippen LogP contribution is -2.18. The molecule has 38 heavy (non-hydrogen) atoms. The number of hydrogen-bond donors (Lipinski definition) is 2. The number of ether oxygens (including phenoxy) is 1. The maximum atomic E-state index is 13.7. The molecule has 0 spiro atoms. The molecular formula is C27H19ClFN3O5S. The number of hydrogen-bond acceptors (Lipinski definition) is 6. The van der Waals surface area contributed by atoms with Crippen molar-refractivity contribution in [2.24, 2.45) is 5.10 Å². The summed E-state index contributed by atoms with van der Waals surface area (Å²) in [5.74, 6) is -1.79. The minimum Gasteiger partial charge on any atom is -0.423 e. The Kier molecular flexibility index (Phi) is 8.15. The number of halogens is 2. The monoisotopic (exact) mass is 551 g/mol. The average molecular weight is 552 g/mol. The van der Waals surface area contributed by atoms with Gasteiger partial charge < -0.3 is 4.74 Å². The molecule has 0 saturated heterocycles. The van der Waals surface area contributed by atoms with Crippen molar-refractivity contribution in [2.45, 2.75) is 4.90 Å². The Labute approximate surface area is 222 Å². The number of carbonyl (C=O) groups is 2. The van der Waals surface area contributed by atoms with E-state index >= 15 is 0 Å². The summed E-state index contributed by atoms with van der Waals surface area (Å²) < 4.78 is 46.2. The molecule has 4 rings (SSSR count). The van der Waals surface area contributed by atoms with Crippen molar-refractivity contribution in [2.75, 3.05) is 4.72 Å². The van der Waals surface area contributed by atoms with Crippen LogP contribution in [0.25, 0.3) is 0 Å². The van der Waals surface area contributed by atoms with E-state index in [2.05, 4.69) is 15.2 Å². The number of anilines is 1. The molecule has 0 aliphatic heterocycles. The second-order valence-electron chi connectivity index (χ2n) is 7.77. The average Bonchev–Trinajstić information content (AvgIpc) is 2.90. The van der Waals surface area contributed by atoms with Crippen molar-refractivity contribution < 1.29 is 27.1 Å². The molecule has 11 heteroatoms. The Balaban J connectivity index is 1.31. The molecule has 0 unspecified atom stereocenters. The van der Waals surface area contributed by atoms with E-state index in [4.69, 9.17) is 16.3 Å². The lowest BCUT2D eigenvalue weighted by Gasteiger charge is -2.09.